The van der Waals surface area contributed by atoms with Gasteiger partial charge in [0.25, 0.3) is 11.8 Å². The molecule has 2 aromatic heterocycles. The zero-order chi connectivity index (χ0) is 20.2. The van der Waals surface area contributed by atoms with Gasteiger partial charge in [-0.2, -0.15) is 0 Å². The number of rotatable bonds is 6. The number of nitrogens with zero attached hydrogens (tertiary/aromatic N) is 2. The van der Waals surface area contributed by atoms with Crippen molar-refractivity contribution in [2.75, 3.05) is 11.9 Å². The Hall–Kier alpha value is -3.87. The zero-order valence-corrected chi connectivity index (χ0v) is 16.0. The molecule has 2 heterocycles. The molecule has 29 heavy (non-hydrogen) atoms. The largest absolute Gasteiger partial charge is 0.493 e. The van der Waals surface area contributed by atoms with E-state index in [2.05, 4.69) is 15.5 Å². The topological polar surface area (TPSA) is 90.4 Å². The first-order valence-electron chi connectivity index (χ1n) is 9.16. The van der Waals surface area contributed by atoms with Gasteiger partial charge in [-0.1, -0.05) is 17.7 Å². The number of hydrogen-bond acceptors (Lipinski definition) is 6. The second-order valence-electron chi connectivity index (χ2n) is 6.36. The van der Waals surface area contributed by atoms with Crippen LogP contribution in [-0.2, 0) is 0 Å². The highest BCUT2D eigenvalue weighted by Gasteiger charge is 2.15. The monoisotopic (exact) mass is 389 g/mol. The molecule has 4 aromatic rings. The molecule has 4 rings (SSSR count). The molecule has 0 bridgehead atoms. The quantitative estimate of drug-likeness (QED) is 0.501. The van der Waals surface area contributed by atoms with Gasteiger partial charge in [-0.05, 0) is 56.3 Å². The normalized spacial score (nSPS) is 10.7. The van der Waals surface area contributed by atoms with Gasteiger partial charge in [-0.25, -0.2) is 0 Å². The number of amides is 1. The minimum Gasteiger partial charge on any atom is -0.493 e. The Morgan fingerprint density at radius 2 is 1.93 bits per heavy atom. The van der Waals surface area contributed by atoms with Crippen LogP contribution in [0.15, 0.2) is 69.7 Å². The number of hydrogen-bond donors (Lipinski definition) is 1. The fourth-order valence-electron chi connectivity index (χ4n) is 2.87. The number of ether oxygens (including phenoxy) is 1. The van der Waals surface area contributed by atoms with Gasteiger partial charge in [0, 0.05) is 11.3 Å². The molecule has 1 N–H and O–H groups in total. The minimum atomic E-state index is -0.254. The first kappa shape index (κ1) is 18.5. The smallest absolute Gasteiger partial charge is 0.283 e. The van der Waals surface area contributed by atoms with Crippen LogP contribution in [-0.4, -0.2) is 22.7 Å². The van der Waals surface area contributed by atoms with Crippen LogP contribution in [0, 0.1) is 6.92 Å². The lowest BCUT2D eigenvalue weighted by Crippen LogP contribution is -2.14. The molecule has 0 aliphatic heterocycles. The maximum atomic E-state index is 12.8. The molecule has 0 aliphatic rings. The molecule has 0 radical (unpaired) electrons. The average molecular weight is 389 g/mol. The van der Waals surface area contributed by atoms with Gasteiger partial charge in [-0.3, -0.25) is 4.79 Å². The predicted molar refractivity (Wildman–Crippen MR) is 108 cm³/mol. The standard InChI is InChI=1S/C22H19N3O4/c1-3-27-18-10-9-14(2)12-17(18)20(26)23-16-7-4-6-15(13-16)21-24-25-22(29-21)19-8-5-11-28-19/h4-13H,3H2,1-2H3,(H,23,26). The molecule has 0 atom stereocenters. The van der Waals surface area contributed by atoms with Gasteiger partial charge in [-0.15, -0.1) is 10.2 Å². The summed E-state index contributed by atoms with van der Waals surface area (Å²) in [5.74, 6) is 1.41. The van der Waals surface area contributed by atoms with Crippen molar-refractivity contribution in [3.05, 3.63) is 72.0 Å². The molecule has 0 unspecified atom stereocenters. The lowest BCUT2D eigenvalue weighted by atomic mass is 10.1. The minimum absolute atomic E-state index is 0.254. The third kappa shape index (κ3) is 4.03. The summed E-state index contributed by atoms with van der Waals surface area (Å²) in [7, 11) is 0. The first-order chi connectivity index (χ1) is 14.1. The summed E-state index contributed by atoms with van der Waals surface area (Å²) in [5, 5.41) is 11.0. The maximum Gasteiger partial charge on any atom is 0.283 e. The molecule has 0 spiro atoms. The summed E-state index contributed by atoms with van der Waals surface area (Å²) >= 11 is 0. The molecule has 0 saturated heterocycles. The summed E-state index contributed by atoms with van der Waals surface area (Å²) in [5.41, 5.74) is 2.75. The zero-order valence-electron chi connectivity index (χ0n) is 16.0. The average Bonchev–Trinajstić information content (AvgIpc) is 3.41. The SMILES string of the molecule is CCOc1ccc(C)cc1C(=O)Nc1cccc(-c2nnc(-c3ccco3)o2)c1. The Bertz CT molecular complexity index is 1130. The van der Waals surface area contributed by atoms with Crippen molar-refractivity contribution < 1.29 is 18.4 Å². The van der Waals surface area contributed by atoms with Crippen LogP contribution in [0.3, 0.4) is 0 Å². The second-order valence-corrected chi connectivity index (χ2v) is 6.36. The molecule has 1 amide bonds. The predicted octanol–water partition coefficient (Wildman–Crippen LogP) is 4.96. The van der Waals surface area contributed by atoms with Crippen molar-refractivity contribution >= 4 is 11.6 Å². The van der Waals surface area contributed by atoms with Crippen LogP contribution in [0.1, 0.15) is 22.8 Å². The van der Waals surface area contributed by atoms with E-state index in [1.54, 1.807) is 42.5 Å². The summed E-state index contributed by atoms with van der Waals surface area (Å²) in [6.07, 6.45) is 1.54. The van der Waals surface area contributed by atoms with Crippen molar-refractivity contribution in [1.82, 2.24) is 10.2 Å². The Morgan fingerprint density at radius 1 is 1.07 bits per heavy atom. The Balaban J connectivity index is 1.57. The van der Waals surface area contributed by atoms with E-state index >= 15 is 0 Å². The molecule has 7 heteroatoms. The van der Waals surface area contributed by atoms with Crippen molar-refractivity contribution in [3.63, 3.8) is 0 Å². The fourth-order valence-corrected chi connectivity index (χ4v) is 2.87. The van der Waals surface area contributed by atoms with Gasteiger partial charge < -0.3 is 18.9 Å². The molecule has 146 valence electrons. The first-order valence-corrected chi connectivity index (χ1v) is 9.16. The van der Waals surface area contributed by atoms with Crippen LogP contribution in [0.2, 0.25) is 0 Å². The molecular formula is C22H19N3O4. The van der Waals surface area contributed by atoms with E-state index in [9.17, 15) is 4.79 Å². The number of aromatic nitrogens is 2. The Morgan fingerprint density at radius 3 is 2.72 bits per heavy atom. The Labute approximate surface area is 167 Å². The van der Waals surface area contributed by atoms with E-state index in [-0.39, 0.29) is 5.91 Å². The number of carbonyl (C=O) groups excluding carboxylic acids is 1. The van der Waals surface area contributed by atoms with E-state index in [1.165, 1.54) is 6.26 Å². The Kier molecular flexibility index (Phi) is 5.11. The lowest BCUT2D eigenvalue weighted by Gasteiger charge is -2.12. The van der Waals surface area contributed by atoms with Crippen molar-refractivity contribution in [2.45, 2.75) is 13.8 Å². The van der Waals surface area contributed by atoms with Crippen LogP contribution in [0.25, 0.3) is 23.1 Å². The molecular weight excluding hydrogens is 370 g/mol. The highest BCUT2D eigenvalue weighted by molar-refractivity contribution is 6.06. The highest BCUT2D eigenvalue weighted by atomic mass is 16.5. The summed E-state index contributed by atoms with van der Waals surface area (Å²) in [4.78, 5) is 12.8. The number of nitrogens with one attached hydrogen (secondary N) is 1. The third-order valence-electron chi connectivity index (χ3n) is 4.20. The maximum absolute atomic E-state index is 12.8. The van der Waals surface area contributed by atoms with Gasteiger partial charge in [0.2, 0.25) is 5.89 Å². The van der Waals surface area contributed by atoms with E-state index in [0.29, 0.717) is 46.7 Å². The van der Waals surface area contributed by atoms with Crippen LogP contribution in [0.5, 0.6) is 5.75 Å². The lowest BCUT2D eigenvalue weighted by molar-refractivity contribution is 0.102. The number of aryl methyl sites for hydroxylation is 1. The van der Waals surface area contributed by atoms with Crippen LogP contribution in [0.4, 0.5) is 5.69 Å². The van der Waals surface area contributed by atoms with E-state index in [1.807, 2.05) is 26.0 Å². The van der Waals surface area contributed by atoms with E-state index < -0.39 is 0 Å². The van der Waals surface area contributed by atoms with Crippen molar-refractivity contribution in [2.24, 2.45) is 0 Å². The van der Waals surface area contributed by atoms with E-state index in [0.717, 1.165) is 5.56 Å². The molecule has 0 saturated carbocycles. The number of benzene rings is 2. The summed E-state index contributed by atoms with van der Waals surface area (Å²) < 4.78 is 16.5. The van der Waals surface area contributed by atoms with Crippen molar-refractivity contribution in [3.8, 4) is 28.9 Å². The number of anilines is 1. The number of furan rings is 1. The van der Waals surface area contributed by atoms with Crippen molar-refractivity contribution in [1.29, 1.82) is 0 Å². The fraction of sp³-hybridized carbons (Fsp3) is 0.136. The van der Waals surface area contributed by atoms with Gasteiger partial charge in [0.05, 0.1) is 18.4 Å². The van der Waals surface area contributed by atoms with E-state index in [4.69, 9.17) is 13.6 Å². The molecule has 7 nitrogen and oxygen atoms in total. The number of carbonyl (C=O) groups is 1. The van der Waals surface area contributed by atoms with Crippen LogP contribution < -0.4 is 10.1 Å². The van der Waals surface area contributed by atoms with Crippen LogP contribution >= 0.6 is 0 Å². The summed E-state index contributed by atoms with van der Waals surface area (Å²) in [6.45, 7) is 4.29. The second kappa shape index (κ2) is 8.02. The highest BCUT2D eigenvalue weighted by Crippen LogP contribution is 2.27. The summed E-state index contributed by atoms with van der Waals surface area (Å²) in [6, 6.07) is 16.2. The van der Waals surface area contributed by atoms with Gasteiger partial charge in [0.1, 0.15) is 5.75 Å². The molecule has 0 aliphatic carbocycles. The third-order valence-corrected chi connectivity index (χ3v) is 4.20. The van der Waals surface area contributed by atoms with Gasteiger partial charge >= 0.3 is 0 Å². The molecule has 2 aromatic carbocycles. The molecule has 0 fully saturated rings. The van der Waals surface area contributed by atoms with Gasteiger partial charge in [0.15, 0.2) is 5.76 Å².